The molecule has 5 nitrogen and oxygen atoms in total. The molecular formula is C22H40IN3O2Si2. The van der Waals surface area contributed by atoms with Gasteiger partial charge in [-0.2, -0.15) is 0 Å². The van der Waals surface area contributed by atoms with Gasteiger partial charge in [-0.05, 0) is 49.3 Å². The molecule has 0 saturated heterocycles. The molecule has 2 heterocycles. The molecule has 0 fully saturated rings. The summed E-state index contributed by atoms with van der Waals surface area (Å²) >= 11 is 2.18. The second-order valence-electron chi connectivity index (χ2n) is 11.7. The summed E-state index contributed by atoms with van der Waals surface area (Å²) in [4.78, 5) is 9.09. The zero-order valence-electron chi connectivity index (χ0n) is 20.7. The average Bonchev–Trinajstić information content (AvgIpc) is 3.00. The van der Waals surface area contributed by atoms with Crippen LogP contribution in [0, 0.1) is 3.83 Å². The van der Waals surface area contributed by atoms with Crippen molar-refractivity contribution in [2.45, 2.75) is 90.3 Å². The van der Waals surface area contributed by atoms with E-state index in [9.17, 15) is 0 Å². The zero-order valence-corrected chi connectivity index (χ0v) is 24.8. The predicted molar refractivity (Wildman–Crippen MR) is 140 cm³/mol. The van der Waals surface area contributed by atoms with Gasteiger partial charge in [0.05, 0.1) is 18.8 Å². The molecule has 0 radical (unpaired) electrons. The lowest BCUT2D eigenvalue weighted by Gasteiger charge is -2.43. The quantitative estimate of drug-likeness (QED) is 0.212. The lowest BCUT2D eigenvalue weighted by Crippen LogP contribution is -2.51. The van der Waals surface area contributed by atoms with Crippen LogP contribution < -0.4 is 0 Å². The first kappa shape index (κ1) is 26.0. The molecule has 0 aliphatic heterocycles. The van der Waals surface area contributed by atoms with E-state index in [-0.39, 0.29) is 15.6 Å². The van der Waals surface area contributed by atoms with Crippen molar-refractivity contribution in [1.82, 2.24) is 14.5 Å². The molecule has 2 aromatic rings. The lowest BCUT2D eigenvalue weighted by atomic mass is 10.1. The number of nitrogens with zero attached hydrogens (tertiary/aromatic N) is 3. The topological polar surface area (TPSA) is 49.2 Å². The van der Waals surface area contributed by atoms with Crippen molar-refractivity contribution >= 4 is 50.3 Å². The first-order valence-electron chi connectivity index (χ1n) is 10.7. The summed E-state index contributed by atoms with van der Waals surface area (Å²) in [5.74, 6) is 0. The van der Waals surface area contributed by atoms with Gasteiger partial charge in [-0.1, -0.05) is 41.5 Å². The number of hydrogen-bond acceptors (Lipinski definition) is 4. The van der Waals surface area contributed by atoms with Crippen LogP contribution in [-0.2, 0) is 14.4 Å². The monoisotopic (exact) mass is 561 g/mol. The summed E-state index contributed by atoms with van der Waals surface area (Å²) in [6, 6.07) is 2.09. The van der Waals surface area contributed by atoms with Crippen molar-refractivity contribution < 1.29 is 8.85 Å². The highest BCUT2D eigenvalue weighted by Crippen LogP contribution is 2.40. The third-order valence-electron chi connectivity index (χ3n) is 7.08. The highest BCUT2D eigenvalue weighted by atomic mass is 127. The summed E-state index contributed by atoms with van der Waals surface area (Å²) in [6.45, 7) is 26.3. The molecule has 0 aliphatic rings. The van der Waals surface area contributed by atoms with Gasteiger partial charge >= 0.3 is 0 Å². The molecule has 8 heteroatoms. The van der Waals surface area contributed by atoms with Gasteiger partial charge in [-0.15, -0.1) is 0 Å². The summed E-state index contributed by atoms with van der Waals surface area (Å²) in [5.41, 5.74) is 0.582. The van der Waals surface area contributed by atoms with E-state index in [1.54, 1.807) is 0 Å². The Hall–Kier alpha value is -0.296. The van der Waals surface area contributed by atoms with Crippen LogP contribution in [0.25, 0.3) is 11.0 Å². The van der Waals surface area contributed by atoms with Gasteiger partial charge in [0.25, 0.3) is 0 Å². The minimum Gasteiger partial charge on any atom is -0.414 e. The van der Waals surface area contributed by atoms with Gasteiger partial charge in [-0.25, -0.2) is 9.97 Å². The fourth-order valence-corrected chi connectivity index (χ4v) is 5.20. The zero-order chi connectivity index (χ0) is 23.2. The van der Waals surface area contributed by atoms with E-state index in [1.165, 1.54) is 0 Å². The third-order valence-corrected chi connectivity index (χ3v) is 16.6. The van der Waals surface area contributed by atoms with E-state index >= 15 is 0 Å². The maximum atomic E-state index is 6.72. The highest BCUT2D eigenvalue weighted by molar-refractivity contribution is 14.1. The Bertz CT molecular complexity index is 853. The first-order chi connectivity index (χ1) is 13.4. The van der Waals surface area contributed by atoms with E-state index < -0.39 is 16.6 Å². The summed E-state index contributed by atoms with van der Waals surface area (Å²) < 4.78 is 16.4. The molecule has 30 heavy (non-hydrogen) atoms. The van der Waals surface area contributed by atoms with Crippen molar-refractivity contribution in [3.63, 3.8) is 0 Å². The molecule has 0 atom stereocenters. The Kier molecular flexibility index (Phi) is 7.42. The van der Waals surface area contributed by atoms with Crippen molar-refractivity contribution in [3.8, 4) is 0 Å². The van der Waals surface area contributed by atoms with Crippen LogP contribution in [0.4, 0.5) is 0 Å². The summed E-state index contributed by atoms with van der Waals surface area (Å²) in [5, 5.41) is 1.36. The van der Waals surface area contributed by atoms with Crippen molar-refractivity contribution in [3.05, 3.63) is 22.3 Å². The summed E-state index contributed by atoms with van der Waals surface area (Å²) in [7, 11) is -3.82. The largest absolute Gasteiger partial charge is 0.414 e. The van der Waals surface area contributed by atoms with Gasteiger partial charge in [-0.3, -0.25) is 0 Å². The van der Waals surface area contributed by atoms with Crippen LogP contribution in [0.15, 0.2) is 18.5 Å². The maximum Gasteiger partial charge on any atom is 0.192 e. The second-order valence-corrected chi connectivity index (χ2v) is 22.3. The Morgan fingerprint density at radius 2 is 1.37 bits per heavy atom. The standard InChI is InChI=1S/C22H40IN3O2Si2/c1-20(2,3)29(8,9)27-15-22(7,16-28-30(10,11)21(4,5)6)26-13-12-17-14-24-19(23)25-18(17)26/h12-14H,15-16H2,1-11H3. The lowest BCUT2D eigenvalue weighted by molar-refractivity contribution is 0.0900. The molecule has 0 spiro atoms. The Morgan fingerprint density at radius 1 is 0.900 bits per heavy atom. The minimum atomic E-state index is -1.91. The molecule has 0 amide bonds. The fourth-order valence-electron chi connectivity index (χ4n) is 2.62. The minimum absolute atomic E-state index is 0.157. The molecule has 0 bridgehead atoms. The number of fused-ring (bicyclic) bond motifs is 1. The SMILES string of the molecule is CC(CO[Si](C)(C)C(C)(C)C)(CO[Si](C)(C)C(C)(C)C)n1ccc2cnc(I)nc21. The van der Waals surface area contributed by atoms with Crippen LogP contribution in [0.5, 0.6) is 0 Å². The molecule has 0 N–H and O–H groups in total. The van der Waals surface area contributed by atoms with Crippen LogP contribution >= 0.6 is 22.6 Å². The molecule has 170 valence electrons. The molecular weight excluding hydrogens is 521 g/mol. The predicted octanol–water partition coefficient (Wildman–Crippen LogP) is 6.79. The maximum absolute atomic E-state index is 6.72. The van der Waals surface area contributed by atoms with Crippen molar-refractivity contribution in [1.29, 1.82) is 0 Å². The van der Waals surface area contributed by atoms with Crippen LogP contribution in [0.3, 0.4) is 0 Å². The Morgan fingerprint density at radius 3 is 1.80 bits per heavy atom. The molecule has 0 unspecified atom stereocenters. The number of rotatable bonds is 7. The van der Waals surface area contributed by atoms with Gasteiger partial charge in [0.1, 0.15) is 5.65 Å². The summed E-state index contributed by atoms with van der Waals surface area (Å²) in [6.07, 6.45) is 4.00. The van der Waals surface area contributed by atoms with E-state index in [0.717, 1.165) is 14.9 Å². The van der Waals surface area contributed by atoms with E-state index in [0.29, 0.717) is 13.2 Å². The van der Waals surface area contributed by atoms with E-state index in [4.69, 9.17) is 13.8 Å². The van der Waals surface area contributed by atoms with Crippen LogP contribution in [0.1, 0.15) is 48.5 Å². The second kappa shape index (κ2) is 8.57. The Labute approximate surface area is 198 Å². The molecule has 0 aliphatic carbocycles. The number of hydrogen-bond donors (Lipinski definition) is 0. The number of aromatic nitrogens is 3. The van der Waals surface area contributed by atoms with E-state index in [1.807, 2.05) is 6.20 Å². The van der Waals surface area contributed by atoms with Crippen LogP contribution in [-0.4, -0.2) is 44.4 Å². The number of halogens is 1. The smallest absolute Gasteiger partial charge is 0.192 e. The molecule has 2 aromatic heterocycles. The normalized spacial score (nSPS) is 14.5. The molecule has 0 aromatic carbocycles. The van der Waals surface area contributed by atoms with Gasteiger partial charge in [0.2, 0.25) is 0 Å². The third kappa shape index (κ3) is 5.54. The van der Waals surface area contributed by atoms with Gasteiger partial charge in [0, 0.05) is 40.4 Å². The van der Waals surface area contributed by atoms with Gasteiger partial charge in [0.15, 0.2) is 20.5 Å². The van der Waals surface area contributed by atoms with Gasteiger partial charge < -0.3 is 13.4 Å². The highest BCUT2D eigenvalue weighted by Gasteiger charge is 2.43. The average molecular weight is 562 g/mol. The van der Waals surface area contributed by atoms with Crippen molar-refractivity contribution in [2.24, 2.45) is 0 Å². The van der Waals surface area contributed by atoms with Crippen LogP contribution in [0.2, 0.25) is 36.3 Å². The van der Waals surface area contributed by atoms with E-state index in [2.05, 4.69) is 119 Å². The molecule has 0 saturated carbocycles. The first-order valence-corrected chi connectivity index (χ1v) is 17.6. The molecule has 2 rings (SSSR count). The van der Waals surface area contributed by atoms with Crippen molar-refractivity contribution in [2.75, 3.05) is 13.2 Å². The Balaban J connectivity index is 2.45. The fraction of sp³-hybridized carbons (Fsp3) is 0.727.